The van der Waals surface area contributed by atoms with Crippen LogP contribution < -0.4 is 5.32 Å². The summed E-state index contributed by atoms with van der Waals surface area (Å²) in [5, 5.41) is 2.62. The van der Waals surface area contributed by atoms with Crippen LogP contribution in [0.15, 0.2) is 0 Å². The second-order valence-electron chi connectivity index (χ2n) is 2.60. The molecule has 0 spiro atoms. The highest BCUT2D eigenvalue weighted by Crippen LogP contribution is 2.07. The lowest BCUT2D eigenvalue weighted by Gasteiger charge is -2.25. The van der Waals surface area contributed by atoms with Crippen LogP contribution >= 0.6 is 0 Å². The highest BCUT2D eigenvalue weighted by molar-refractivity contribution is 5.73. The van der Waals surface area contributed by atoms with Crippen molar-refractivity contribution in [2.24, 2.45) is 0 Å². The maximum Gasteiger partial charge on any atom is 0.317 e. The predicted octanol–water partition coefficient (Wildman–Crippen LogP) is 1.84. The van der Waals surface area contributed by atoms with Crippen LogP contribution in [0, 0.1) is 0 Å². The number of hydrogen-bond acceptors (Lipinski definition) is 1. The molecule has 0 aromatic heterocycles. The fraction of sp³-hybridized carbons (Fsp3) is 0.889. The molecule has 1 rings (SSSR count). The molecule has 1 saturated heterocycles. The predicted molar refractivity (Wildman–Crippen MR) is 51.2 cm³/mol. The van der Waals surface area contributed by atoms with E-state index in [1.807, 2.05) is 18.7 Å². The van der Waals surface area contributed by atoms with Crippen LogP contribution in [-0.2, 0) is 0 Å². The number of likely N-dealkylation sites (tertiary alicyclic amines) is 1. The third-order valence-corrected chi connectivity index (χ3v) is 1.86. The lowest BCUT2D eigenvalue weighted by molar-refractivity contribution is 0.188. The first-order chi connectivity index (χ1) is 5.84. The van der Waals surface area contributed by atoms with Crippen LogP contribution in [0.5, 0.6) is 0 Å². The Labute approximate surface area is 75.1 Å². The molecule has 1 aliphatic rings. The van der Waals surface area contributed by atoms with Gasteiger partial charge in [-0.1, -0.05) is 13.8 Å². The van der Waals surface area contributed by atoms with Crippen molar-refractivity contribution in [2.45, 2.75) is 33.1 Å². The topological polar surface area (TPSA) is 32.3 Å². The largest absolute Gasteiger partial charge is 0.341 e. The summed E-state index contributed by atoms with van der Waals surface area (Å²) in [4.78, 5) is 12.8. The quantitative estimate of drug-likeness (QED) is 0.594. The molecule has 0 aliphatic carbocycles. The van der Waals surface area contributed by atoms with Crippen LogP contribution in [0.25, 0.3) is 0 Å². The molecule has 1 N–H and O–H groups in total. The highest BCUT2D eigenvalue weighted by Gasteiger charge is 2.13. The van der Waals surface area contributed by atoms with Crippen molar-refractivity contribution in [1.82, 2.24) is 10.2 Å². The Hall–Kier alpha value is -0.730. The Morgan fingerprint density at radius 1 is 1.17 bits per heavy atom. The lowest BCUT2D eigenvalue weighted by atomic mass is 10.1. The van der Waals surface area contributed by atoms with Gasteiger partial charge in [-0.05, 0) is 19.3 Å². The lowest BCUT2D eigenvalue weighted by Crippen LogP contribution is -2.41. The molecule has 1 fully saturated rings. The number of urea groups is 1. The molecule has 1 heterocycles. The van der Waals surface area contributed by atoms with Gasteiger partial charge < -0.3 is 10.2 Å². The van der Waals surface area contributed by atoms with E-state index in [0.717, 1.165) is 25.9 Å². The maximum atomic E-state index is 11.0. The summed E-state index contributed by atoms with van der Waals surface area (Å²) < 4.78 is 0. The van der Waals surface area contributed by atoms with Crippen molar-refractivity contribution in [3.05, 3.63) is 0 Å². The molecule has 1 aliphatic heterocycles. The number of nitrogens with zero attached hydrogens (tertiary/aromatic N) is 1. The summed E-state index contributed by atoms with van der Waals surface area (Å²) in [7, 11) is 1.68. The number of hydrogen-bond donors (Lipinski definition) is 1. The van der Waals surface area contributed by atoms with Gasteiger partial charge in [0.15, 0.2) is 0 Å². The average molecular weight is 172 g/mol. The van der Waals surface area contributed by atoms with Crippen molar-refractivity contribution in [3.8, 4) is 0 Å². The number of carbonyl (C=O) groups is 1. The van der Waals surface area contributed by atoms with Crippen molar-refractivity contribution in [2.75, 3.05) is 20.1 Å². The Morgan fingerprint density at radius 2 is 1.67 bits per heavy atom. The van der Waals surface area contributed by atoms with Gasteiger partial charge in [0.25, 0.3) is 0 Å². The number of nitrogens with one attached hydrogen (secondary N) is 1. The third-order valence-electron chi connectivity index (χ3n) is 1.86. The number of carbonyl (C=O) groups excluding carboxylic acids is 1. The minimum absolute atomic E-state index is 0.0692. The van der Waals surface area contributed by atoms with Crippen molar-refractivity contribution in [3.63, 3.8) is 0 Å². The van der Waals surface area contributed by atoms with Gasteiger partial charge in [-0.2, -0.15) is 0 Å². The smallest absolute Gasteiger partial charge is 0.317 e. The Balaban J connectivity index is 0.000000561. The highest BCUT2D eigenvalue weighted by atomic mass is 16.2. The monoisotopic (exact) mass is 172 g/mol. The first-order valence-electron chi connectivity index (χ1n) is 4.81. The van der Waals surface area contributed by atoms with Gasteiger partial charge in [0.05, 0.1) is 0 Å². The van der Waals surface area contributed by atoms with Gasteiger partial charge in [-0.3, -0.25) is 0 Å². The van der Waals surface area contributed by atoms with Crippen LogP contribution in [-0.4, -0.2) is 31.1 Å². The molecule has 0 aromatic rings. The second-order valence-corrected chi connectivity index (χ2v) is 2.60. The van der Waals surface area contributed by atoms with Crippen LogP contribution in [0.1, 0.15) is 33.1 Å². The van der Waals surface area contributed by atoms with Crippen molar-refractivity contribution in [1.29, 1.82) is 0 Å². The van der Waals surface area contributed by atoms with Gasteiger partial charge in [0, 0.05) is 20.1 Å². The summed E-state index contributed by atoms with van der Waals surface area (Å²) in [6.45, 7) is 5.86. The average Bonchev–Trinajstić information content (AvgIpc) is 2.21. The Bertz CT molecular complexity index is 120. The van der Waals surface area contributed by atoms with Gasteiger partial charge in [0.1, 0.15) is 0 Å². The molecular weight excluding hydrogens is 152 g/mol. The second kappa shape index (κ2) is 6.95. The van der Waals surface area contributed by atoms with Crippen LogP contribution in [0.3, 0.4) is 0 Å². The van der Waals surface area contributed by atoms with E-state index in [0.29, 0.717) is 0 Å². The Kier molecular flexibility index (Phi) is 6.53. The van der Waals surface area contributed by atoms with Crippen LogP contribution in [0.4, 0.5) is 4.79 Å². The molecule has 0 radical (unpaired) electrons. The van der Waals surface area contributed by atoms with Gasteiger partial charge in [0.2, 0.25) is 0 Å². The molecular formula is C9H20N2O. The van der Waals surface area contributed by atoms with E-state index in [-0.39, 0.29) is 6.03 Å². The van der Waals surface area contributed by atoms with E-state index in [4.69, 9.17) is 0 Å². The zero-order valence-corrected chi connectivity index (χ0v) is 8.39. The van der Waals surface area contributed by atoms with E-state index in [1.54, 1.807) is 7.05 Å². The fourth-order valence-electron chi connectivity index (χ4n) is 1.26. The molecule has 3 nitrogen and oxygen atoms in total. The van der Waals surface area contributed by atoms with Crippen molar-refractivity contribution >= 4 is 6.03 Å². The summed E-state index contributed by atoms with van der Waals surface area (Å²) in [6.07, 6.45) is 3.59. The summed E-state index contributed by atoms with van der Waals surface area (Å²) in [5.74, 6) is 0. The minimum atomic E-state index is 0.0692. The molecule has 0 unspecified atom stereocenters. The zero-order chi connectivity index (χ0) is 9.40. The SMILES string of the molecule is CC.CNC(=O)N1CCCCC1. The van der Waals surface area contributed by atoms with E-state index in [9.17, 15) is 4.79 Å². The third kappa shape index (κ3) is 3.60. The summed E-state index contributed by atoms with van der Waals surface area (Å²) >= 11 is 0. The maximum absolute atomic E-state index is 11.0. The summed E-state index contributed by atoms with van der Waals surface area (Å²) in [5.41, 5.74) is 0. The van der Waals surface area contributed by atoms with E-state index < -0.39 is 0 Å². The molecule has 3 heteroatoms. The molecule has 0 saturated carbocycles. The first kappa shape index (κ1) is 11.3. The molecule has 0 aromatic carbocycles. The summed E-state index contributed by atoms with van der Waals surface area (Å²) in [6, 6.07) is 0.0692. The molecule has 12 heavy (non-hydrogen) atoms. The fourth-order valence-corrected chi connectivity index (χ4v) is 1.26. The van der Waals surface area contributed by atoms with Crippen molar-refractivity contribution < 1.29 is 4.79 Å². The van der Waals surface area contributed by atoms with Gasteiger partial charge >= 0.3 is 6.03 Å². The van der Waals surface area contributed by atoms with E-state index >= 15 is 0 Å². The van der Waals surface area contributed by atoms with Crippen LogP contribution in [0.2, 0.25) is 0 Å². The van der Waals surface area contributed by atoms with Gasteiger partial charge in [-0.15, -0.1) is 0 Å². The van der Waals surface area contributed by atoms with E-state index in [2.05, 4.69) is 5.32 Å². The molecule has 0 atom stereocenters. The number of amides is 2. The standard InChI is InChI=1S/C7H14N2O.C2H6/c1-8-7(10)9-5-3-2-4-6-9;1-2/h2-6H2,1H3,(H,8,10);1-2H3. The van der Waals surface area contributed by atoms with E-state index in [1.165, 1.54) is 6.42 Å². The molecule has 72 valence electrons. The van der Waals surface area contributed by atoms with Gasteiger partial charge in [-0.25, -0.2) is 4.79 Å². The molecule has 0 bridgehead atoms. The number of piperidine rings is 1. The minimum Gasteiger partial charge on any atom is -0.341 e. The first-order valence-corrected chi connectivity index (χ1v) is 4.81. The zero-order valence-electron chi connectivity index (χ0n) is 8.39. The number of rotatable bonds is 0. The Morgan fingerprint density at radius 3 is 2.08 bits per heavy atom. The normalized spacial score (nSPS) is 16.1. The molecule has 2 amide bonds.